The Morgan fingerprint density at radius 2 is 1.64 bits per heavy atom. The Morgan fingerprint density at radius 3 is 2.27 bits per heavy atom. The predicted octanol–water partition coefficient (Wildman–Crippen LogP) is 2.24. The van der Waals surface area contributed by atoms with E-state index in [9.17, 15) is 9.59 Å². The van der Waals surface area contributed by atoms with Gasteiger partial charge in [-0.1, -0.05) is 11.3 Å². The Hall–Kier alpha value is -2.88. The summed E-state index contributed by atoms with van der Waals surface area (Å²) in [6, 6.07) is 8.10. The summed E-state index contributed by atoms with van der Waals surface area (Å²) in [5, 5.41) is 10.1. The van der Waals surface area contributed by atoms with Crippen LogP contribution in [-0.4, -0.2) is 79.8 Å². The van der Waals surface area contributed by atoms with Crippen LogP contribution in [0.25, 0.3) is 0 Å². The molecule has 10 heteroatoms. The summed E-state index contributed by atoms with van der Waals surface area (Å²) in [6.07, 6.45) is 3.14. The quantitative estimate of drug-likeness (QED) is 0.663. The highest BCUT2D eigenvalue weighted by molar-refractivity contribution is 7.19. The van der Waals surface area contributed by atoms with Crippen molar-refractivity contribution < 1.29 is 14.3 Å². The minimum absolute atomic E-state index is 0.0707. The van der Waals surface area contributed by atoms with Crippen LogP contribution in [0.2, 0.25) is 0 Å². The van der Waals surface area contributed by atoms with E-state index in [0.717, 1.165) is 76.0 Å². The van der Waals surface area contributed by atoms with Crippen LogP contribution in [-0.2, 0) is 9.59 Å². The van der Waals surface area contributed by atoms with Crippen molar-refractivity contribution in [1.82, 2.24) is 15.1 Å². The van der Waals surface area contributed by atoms with Crippen molar-refractivity contribution >= 4 is 39.1 Å². The molecule has 0 bridgehead atoms. The Kier molecular flexibility index (Phi) is 6.34. The number of piperazine rings is 1. The molecule has 1 aromatic heterocycles. The molecule has 0 aliphatic carbocycles. The summed E-state index contributed by atoms with van der Waals surface area (Å²) in [6.45, 7) is 5.54. The van der Waals surface area contributed by atoms with E-state index in [2.05, 4.69) is 32.1 Å². The highest BCUT2D eigenvalue weighted by atomic mass is 32.1. The molecule has 3 fully saturated rings. The van der Waals surface area contributed by atoms with E-state index < -0.39 is 0 Å². The summed E-state index contributed by atoms with van der Waals surface area (Å²) in [4.78, 5) is 33.4. The molecule has 176 valence electrons. The first-order valence-corrected chi connectivity index (χ1v) is 12.5. The Bertz CT molecular complexity index is 980. The third kappa shape index (κ3) is 4.62. The monoisotopic (exact) mass is 470 g/mol. The van der Waals surface area contributed by atoms with Gasteiger partial charge in [-0.3, -0.25) is 14.5 Å². The molecular formula is C23H30N6O3S. The Labute approximate surface area is 197 Å². The minimum Gasteiger partial charge on any atom is -0.497 e. The van der Waals surface area contributed by atoms with Crippen molar-refractivity contribution in [2.45, 2.75) is 25.7 Å². The molecule has 4 heterocycles. The van der Waals surface area contributed by atoms with Gasteiger partial charge >= 0.3 is 0 Å². The fourth-order valence-electron chi connectivity index (χ4n) is 4.85. The average molecular weight is 471 g/mol. The number of benzene rings is 1. The fourth-order valence-corrected chi connectivity index (χ4v) is 5.79. The lowest BCUT2D eigenvalue weighted by molar-refractivity contribution is -0.136. The van der Waals surface area contributed by atoms with Gasteiger partial charge in [0.1, 0.15) is 5.75 Å². The van der Waals surface area contributed by atoms with Gasteiger partial charge in [-0.15, -0.1) is 10.2 Å². The van der Waals surface area contributed by atoms with E-state index in [1.54, 1.807) is 12.0 Å². The van der Waals surface area contributed by atoms with Gasteiger partial charge in [0.05, 0.1) is 7.11 Å². The Morgan fingerprint density at radius 1 is 0.939 bits per heavy atom. The lowest BCUT2D eigenvalue weighted by Gasteiger charge is -2.39. The van der Waals surface area contributed by atoms with Gasteiger partial charge in [0.2, 0.25) is 22.1 Å². The third-order valence-corrected chi connectivity index (χ3v) is 7.86. The van der Waals surface area contributed by atoms with E-state index in [4.69, 9.17) is 4.74 Å². The zero-order valence-corrected chi connectivity index (χ0v) is 19.8. The minimum atomic E-state index is 0.0707. The van der Waals surface area contributed by atoms with Crippen molar-refractivity contribution in [3.8, 4) is 5.75 Å². The number of piperidine rings is 1. The van der Waals surface area contributed by atoms with E-state index in [1.165, 1.54) is 17.0 Å². The molecule has 2 aromatic rings. The van der Waals surface area contributed by atoms with E-state index >= 15 is 0 Å². The summed E-state index contributed by atoms with van der Waals surface area (Å²) < 4.78 is 5.24. The molecule has 33 heavy (non-hydrogen) atoms. The van der Waals surface area contributed by atoms with Gasteiger partial charge < -0.3 is 19.4 Å². The maximum atomic E-state index is 13.1. The number of hydrogen-bond donors (Lipinski definition) is 0. The highest BCUT2D eigenvalue weighted by Crippen LogP contribution is 2.32. The molecule has 5 rings (SSSR count). The molecular weight excluding hydrogens is 440 g/mol. The number of anilines is 3. The fraction of sp³-hybridized carbons (Fsp3) is 0.565. The van der Waals surface area contributed by atoms with Gasteiger partial charge in [0.15, 0.2) is 0 Å². The van der Waals surface area contributed by atoms with Crippen molar-refractivity contribution in [2.24, 2.45) is 5.92 Å². The lowest BCUT2D eigenvalue weighted by Crippen LogP contribution is -2.51. The SMILES string of the molecule is COc1ccc(N2CCN(C(=O)C3CCN(c4nnc(N5CCCC5=O)s4)CC3)CC2)cc1. The third-order valence-electron chi connectivity index (χ3n) is 6.85. The number of carbonyl (C=O) groups excluding carboxylic acids is 2. The molecule has 0 saturated carbocycles. The summed E-state index contributed by atoms with van der Waals surface area (Å²) in [7, 11) is 1.67. The molecule has 0 atom stereocenters. The number of rotatable bonds is 5. The zero-order valence-electron chi connectivity index (χ0n) is 19.0. The molecule has 0 N–H and O–H groups in total. The van der Waals surface area contributed by atoms with Crippen molar-refractivity contribution in [1.29, 1.82) is 0 Å². The number of carbonyl (C=O) groups is 2. The van der Waals surface area contributed by atoms with Crippen LogP contribution < -0.4 is 19.4 Å². The standard InChI is InChI=1S/C23H30N6O3S/c1-32-19-6-4-18(5-7-19)26-13-15-27(16-14-26)21(31)17-8-11-28(12-9-17)22-24-25-23(33-22)29-10-2-3-20(29)30/h4-7,17H,2-3,8-16H2,1H3. The van der Waals surface area contributed by atoms with Crippen LogP contribution in [0.1, 0.15) is 25.7 Å². The summed E-state index contributed by atoms with van der Waals surface area (Å²) in [5.74, 6) is 1.34. The van der Waals surface area contributed by atoms with Crippen LogP contribution in [0.5, 0.6) is 5.75 Å². The van der Waals surface area contributed by atoms with Crippen molar-refractivity contribution in [3.05, 3.63) is 24.3 Å². The van der Waals surface area contributed by atoms with E-state index in [-0.39, 0.29) is 17.7 Å². The first-order chi connectivity index (χ1) is 16.1. The van der Waals surface area contributed by atoms with Crippen LogP contribution in [0, 0.1) is 5.92 Å². The van der Waals surface area contributed by atoms with Crippen LogP contribution in [0.15, 0.2) is 24.3 Å². The van der Waals surface area contributed by atoms with Gasteiger partial charge in [-0.2, -0.15) is 0 Å². The largest absolute Gasteiger partial charge is 0.497 e. The second-order valence-corrected chi connectivity index (χ2v) is 9.72. The summed E-state index contributed by atoms with van der Waals surface area (Å²) >= 11 is 1.48. The average Bonchev–Trinajstić information content (AvgIpc) is 3.53. The molecule has 3 saturated heterocycles. The number of aromatic nitrogens is 2. The number of methoxy groups -OCH3 is 1. The number of nitrogens with zero attached hydrogens (tertiary/aromatic N) is 6. The smallest absolute Gasteiger partial charge is 0.228 e. The van der Waals surface area contributed by atoms with Gasteiger partial charge in [-0.05, 0) is 43.5 Å². The van der Waals surface area contributed by atoms with Gasteiger partial charge in [0, 0.05) is 63.8 Å². The van der Waals surface area contributed by atoms with Gasteiger partial charge in [-0.25, -0.2) is 0 Å². The summed E-state index contributed by atoms with van der Waals surface area (Å²) in [5.41, 5.74) is 1.17. The van der Waals surface area contributed by atoms with Crippen molar-refractivity contribution in [2.75, 3.05) is 67.6 Å². The number of amides is 2. The highest BCUT2D eigenvalue weighted by Gasteiger charge is 2.32. The maximum Gasteiger partial charge on any atom is 0.228 e. The molecule has 1 aromatic carbocycles. The molecule has 2 amide bonds. The predicted molar refractivity (Wildman–Crippen MR) is 128 cm³/mol. The molecule has 0 unspecified atom stereocenters. The molecule has 0 radical (unpaired) electrons. The lowest BCUT2D eigenvalue weighted by atomic mass is 9.95. The van der Waals surface area contributed by atoms with E-state index in [1.807, 2.05) is 17.0 Å². The zero-order chi connectivity index (χ0) is 22.8. The first-order valence-electron chi connectivity index (χ1n) is 11.7. The van der Waals surface area contributed by atoms with Crippen LogP contribution >= 0.6 is 11.3 Å². The van der Waals surface area contributed by atoms with E-state index in [0.29, 0.717) is 11.6 Å². The Balaban J connectivity index is 1.11. The second kappa shape index (κ2) is 9.54. The first kappa shape index (κ1) is 21.9. The molecule has 0 spiro atoms. The van der Waals surface area contributed by atoms with Crippen LogP contribution in [0.3, 0.4) is 0 Å². The maximum absolute atomic E-state index is 13.1. The second-order valence-electron chi connectivity index (χ2n) is 8.79. The van der Waals surface area contributed by atoms with Crippen molar-refractivity contribution in [3.63, 3.8) is 0 Å². The van der Waals surface area contributed by atoms with Crippen LogP contribution in [0.4, 0.5) is 16.0 Å². The number of ether oxygens (including phenoxy) is 1. The molecule has 3 aliphatic rings. The topological polar surface area (TPSA) is 82.1 Å². The number of hydrogen-bond acceptors (Lipinski definition) is 8. The van der Waals surface area contributed by atoms with Gasteiger partial charge in [0.25, 0.3) is 0 Å². The normalized spacial score (nSPS) is 20.0. The molecule has 3 aliphatic heterocycles. The molecule has 9 nitrogen and oxygen atoms in total.